The second kappa shape index (κ2) is 8.52. The highest BCUT2D eigenvalue weighted by Crippen LogP contribution is 2.05. The molecule has 0 aromatic heterocycles. The molecule has 2 N–H and O–H groups in total. The molecule has 0 aromatic carbocycles. The van der Waals surface area contributed by atoms with E-state index in [1.807, 2.05) is 6.92 Å². The van der Waals surface area contributed by atoms with Gasteiger partial charge in [0.05, 0.1) is 6.61 Å². The van der Waals surface area contributed by atoms with Crippen molar-refractivity contribution >= 4 is 0 Å². The van der Waals surface area contributed by atoms with Crippen LogP contribution >= 0.6 is 0 Å². The molecule has 0 amide bonds. The van der Waals surface area contributed by atoms with Crippen LogP contribution in [0.25, 0.3) is 0 Å². The average Bonchev–Trinajstić information content (AvgIpc) is 2.12. The van der Waals surface area contributed by atoms with Crippen molar-refractivity contribution in [2.45, 2.75) is 65.0 Å². The van der Waals surface area contributed by atoms with Crippen molar-refractivity contribution in [3.05, 3.63) is 0 Å². The Bertz CT molecular complexity index is 106. The molecule has 0 spiro atoms. The van der Waals surface area contributed by atoms with E-state index in [0.29, 0.717) is 6.04 Å². The van der Waals surface area contributed by atoms with E-state index in [4.69, 9.17) is 5.11 Å². The molecule has 0 radical (unpaired) electrons. The van der Waals surface area contributed by atoms with Gasteiger partial charge >= 0.3 is 0 Å². The molecule has 0 fully saturated rings. The first kappa shape index (κ1) is 12.9. The first-order valence-corrected chi connectivity index (χ1v) is 5.57. The molecule has 0 unspecified atom stereocenters. The molecule has 2 atom stereocenters. The molecule has 0 aromatic rings. The topological polar surface area (TPSA) is 32.3 Å². The normalized spacial score (nSPS) is 15.7. The monoisotopic (exact) mass is 187 g/mol. The zero-order valence-corrected chi connectivity index (χ0v) is 9.34. The number of aliphatic hydroxyl groups is 1. The lowest BCUT2D eigenvalue weighted by Gasteiger charge is -2.17. The maximum atomic E-state index is 8.83. The lowest BCUT2D eigenvalue weighted by atomic mass is 10.1. The molecule has 13 heavy (non-hydrogen) atoms. The molecule has 80 valence electrons. The van der Waals surface area contributed by atoms with E-state index in [1.54, 1.807) is 0 Å². The summed E-state index contributed by atoms with van der Waals surface area (Å²) >= 11 is 0. The number of hydrogen-bond acceptors (Lipinski definition) is 2. The van der Waals surface area contributed by atoms with Gasteiger partial charge in [0.2, 0.25) is 0 Å². The number of unbranched alkanes of at least 4 members (excludes halogenated alkanes) is 3. The quantitative estimate of drug-likeness (QED) is 0.572. The molecular formula is C11H25NO. The lowest BCUT2D eigenvalue weighted by molar-refractivity contribution is 0.240. The summed E-state index contributed by atoms with van der Waals surface area (Å²) in [7, 11) is 0. The summed E-state index contributed by atoms with van der Waals surface area (Å²) in [6.07, 6.45) is 6.53. The predicted octanol–water partition coefficient (Wildman–Crippen LogP) is 2.32. The first-order valence-electron chi connectivity index (χ1n) is 5.57. The first-order chi connectivity index (χ1) is 6.20. The minimum Gasteiger partial charge on any atom is -0.395 e. The van der Waals surface area contributed by atoms with Crippen molar-refractivity contribution in [2.75, 3.05) is 6.61 Å². The van der Waals surface area contributed by atoms with Crippen LogP contribution in [0.2, 0.25) is 0 Å². The van der Waals surface area contributed by atoms with E-state index in [-0.39, 0.29) is 12.6 Å². The molecular weight excluding hydrogens is 162 g/mol. The Kier molecular flexibility index (Phi) is 8.46. The minimum atomic E-state index is 0.235. The largest absolute Gasteiger partial charge is 0.395 e. The average molecular weight is 187 g/mol. The minimum absolute atomic E-state index is 0.235. The number of rotatable bonds is 8. The van der Waals surface area contributed by atoms with Crippen molar-refractivity contribution in [1.82, 2.24) is 5.32 Å². The van der Waals surface area contributed by atoms with Gasteiger partial charge in [0, 0.05) is 12.1 Å². The van der Waals surface area contributed by atoms with Gasteiger partial charge in [0.1, 0.15) is 0 Å². The van der Waals surface area contributed by atoms with Crippen LogP contribution in [0.1, 0.15) is 52.9 Å². The fraction of sp³-hybridized carbons (Fsp3) is 1.00. The molecule has 0 rings (SSSR count). The van der Waals surface area contributed by atoms with Crippen molar-refractivity contribution in [1.29, 1.82) is 0 Å². The van der Waals surface area contributed by atoms with Gasteiger partial charge in [-0.05, 0) is 20.3 Å². The zero-order chi connectivity index (χ0) is 10.1. The van der Waals surface area contributed by atoms with Gasteiger partial charge in [-0.25, -0.2) is 0 Å². The van der Waals surface area contributed by atoms with E-state index in [9.17, 15) is 0 Å². The SMILES string of the molecule is CCCCCC[C@H](C)N[C@H](C)CO. The highest BCUT2D eigenvalue weighted by molar-refractivity contribution is 4.66. The lowest BCUT2D eigenvalue weighted by Crippen LogP contribution is -2.36. The molecule has 2 heteroatoms. The number of aliphatic hydroxyl groups excluding tert-OH is 1. The smallest absolute Gasteiger partial charge is 0.0582 e. The Hall–Kier alpha value is -0.0800. The standard InChI is InChI=1S/C11H25NO/c1-4-5-6-7-8-10(2)12-11(3)9-13/h10-13H,4-9H2,1-3H3/t10-,11+/m0/s1. The Morgan fingerprint density at radius 2 is 1.77 bits per heavy atom. The van der Waals surface area contributed by atoms with Gasteiger partial charge in [0.15, 0.2) is 0 Å². The summed E-state index contributed by atoms with van der Waals surface area (Å²) < 4.78 is 0. The van der Waals surface area contributed by atoms with Crippen LogP contribution in [0, 0.1) is 0 Å². The van der Waals surface area contributed by atoms with Gasteiger partial charge in [0.25, 0.3) is 0 Å². The van der Waals surface area contributed by atoms with Crippen LogP contribution in [-0.2, 0) is 0 Å². The van der Waals surface area contributed by atoms with Gasteiger partial charge in [-0.1, -0.05) is 32.6 Å². The van der Waals surface area contributed by atoms with E-state index in [2.05, 4.69) is 19.2 Å². The zero-order valence-electron chi connectivity index (χ0n) is 9.34. The fourth-order valence-electron chi connectivity index (χ4n) is 1.50. The molecule has 0 aliphatic carbocycles. The maximum absolute atomic E-state index is 8.83. The van der Waals surface area contributed by atoms with Crippen LogP contribution in [0.15, 0.2) is 0 Å². The second-order valence-corrected chi connectivity index (χ2v) is 4.00. The molecule has 2 nitrogen and oxygen atoms in total. The van der Waals surface area contributed by atoms with E-state index < -0.39 is 0 Å². The van der Waals surface area contributed by atoms with E-state index >= 15 is 0 Å². The molecule has 0 aliphatic heterocycles. The van der Waals surface area contributed by atoms with Crippen LogP contribution in [0.5, 0.6) is 0 Å². The Balaban J connectivity index is 3.24. The molecule has 0 heterocycles. The second-order valence-electron chi connectivity index (χ2n) is 4.00. The number of nitrogens with one attached hydrogen (secondary N) is 1. The van der Waals surface area contributed by atoms with E-state index in [1.165, 1.54) is 32.1 Å². The van der Waals surface area contributed by atoms with E-state index in [0.717, 1.165) is 0 Å². The fourth-order valence-corrected chi connectivity index (χ4v) is 1.50. The van der Waals surface area contributed by atoms with Crippen LogP contribution in [0.3, 0.4) is 0 Å². The van der Waals surface area contributed by atoms with Crippen molar-refractivity contribution in [2.24, 2.45) is 0 Å². The van der Waals surface area contributed by atoms with Crippen LogP contribution in [-0.4, -0.2) is 23.8 Å². The van der Waals surface area contributed by atoms with Crippen molar-refractivity contribution < 1.29 is 5.11 Å². The third kappa shape index (κ3) is 8.26. The van der Waals surface area contributed by atoms with Gasteiger partial charge in [-0.3, -0.25) is 0 Å². The van der Waals surface area contributed by atoms with Crippen LogP contribution in [0.4, 0.5) is 0 Å². The molecule has 0 bridgehead atoms. The van der Waals surface area contributed by atoms with Crippen molar-refractivity contribution in [3.8, 4) is 0 Å². The third-order valence-electron chi connectivity index (χ3n) is 2.33. The summed E-state index contributed by atoms with van der Waals surface area (Å²) in [5.74, 6) is 0. The summed E-state index contributed by atoms with van der Waals surface area (Å²) in [5.41, 5.74) is 0. The summed E-state index contributed by atoms with van der Waals surface area (Å²) in [4.78, 5) is 0. The molecule has 0 aliphatic rings. The molecule has 0 saturated heterocycles. The van der Waals surface area contributed by atoms with Gasteiger partial charge in [-0.15, -0.1) is 0 Å². The highest BCUT2D eigenvalue weighted by Gasteiger charge is 2.04. The van der Waals surface area contributed by atoms with Crippen LogP contribution < -0.4 is 5.32 Å². The van der Waals surface area contributed by atoms with Gasteiger partial charge < -0.3 is 10.4 Å². The predicted molar refractivity (Wildman–Crippen MR) is 57.9 cm³/mol. The third-order valence-corrected chi connectivity index (χ3v) is 2.33. The summed E-state index contributed by atoms with van der Waals surface area (Å²) in [6.45, 7) is 6.68. The van der Waals surface area contributed by atoms with Crippen molar-refractivity contribution in [3.63, 3.8) is 0 Å². The summed E-state index contributed by atoms with van der Waals surface area (Å²) in [6, 6.07) is 0.778. The highest BCUT2D eigenvalue weighted by atomic mass is 16.3. The Morgan fingerprint density at radius 3 is 2.31 bits per heavy atom. The Labute approximate surface area is 82.7 Å². The molecule has 0 saturated carbocycles. The maximum Gasteiger partial charge on any atom is 0.0582 e. The van der Waals surface area contributed by atoms with Gasteiger partial charge in [-0.2, -0.15) is 0 Å². The Morgan fingerprint density at radius 1 is 1.08 bits per heavy atom. The summed E-state index contributed by atoms with van der Waals surface area (Å²) in [5, 5.41) is 12.2. The number of hydrogen-bond donors (Lipinski definition) is 2.